The SMILES string of the molecule is N#Cc1cccc(CNC(=O)NCc2ccnc(N3CCCCC3)c2)c1. The molecule has 3 rings (SSSR count). The maximum atomic E-state index is 12.0. The number of hydrogen-bond donors (Lipinski definition) is 2. The number of amides is 2. The lowest BCUT2D eigenvalue weighted by atomic mass is 10.1. The number of urea groups is 1. The summed E-state index contributed by atoms with van der Waals surface area (Å²) < 4.78 is 0. The summed E-state index contributed by atoms with van der Waals surface area (Å²) in [7, 11) is 0. The molecule has 0 unspecified atom stereocenters. The number of rotatable bonds is 5. The predicted octanol–water partition coefficient (Wildman–Crippen LogP) is 2.94. The number of pyridine rings is 1. The highest BCUT2D eigenvalue weighted by atomic mass is 16.2. The van der Waals surface area contributed by atoms with Gasteiger partial charge in [-0.15, -0.1) is 0 Å². The zero-order valence-electron chi connectivity index (χ0n) is 14.7. The van der Waals surface area contributed by atoms with Gasteiger partial charge in [0, 0.05) is 32.4 Å². The number of anilines is 1. The molecule has 1 aliphatic heterocycles. The summed E-state index contributed by atoms with van der Waals surface area (Å²) in [6.07, 6.45) is 5.50. The fourth-order valence-electron chi connectivity index (χ4n) is 3.04. The number of carbonyl (C=O) groups excluding carboxylic acids is 1. The van der Waals surface area contributed by atoms with Crippen molar-refractivity contribution in [1.29, 1.82) is 5.26 Å². The summed E-state index contributed by atoms with van der Waals surface area (Å²) in [5.74, 6) is 0.984. The number of nitrogens with zero attached hydrogens (tertiary/aromatic N) is 3. The summed E-state index contributed by atoms with van der Waals surface area (Å²) in [5, 5.41) is 14.6. The number of carbonyl (C=O) groups is 1. The molecule has 0 aliphatic carbocycles. The molecule has 1 fully saturated rings. The normalized spacial score (nSPS) is 13.7. The van der Waals surface area contributed by atoms with E-state index in [1.165, 1.54) is 19.3 Å². The van der Waals surface area contributed by atoms with Gasteiger partial charge in [0.15, 0.2) is 0 Å². The predicted molar refractivity (Wildman–Crippen MR) is 101 cm³/mol. The lowest BCUT2D eigenvalue weighted by molar-refractivity contribution is 0.240. The molecule has 2 aromatic rings. The minimum atomic E-state index is -0.233. The Hall–Kier alpha value is -3.07. The number of hydrogen-bond acceptors (Lipinski definition) is 4. The minimum absolute atomic E-state index is 0.233. The van der Waals surface area contributed by atoms with Gasteiger partial charge in [-0.25, -0.2) is 9.78 Å². The van der Waals surface area contributed by atoms with Gasteiger partial charge in [0.25, 0.3) is 0 Å². The van der Waals surface area contributed by atoms with E-state index in [-0.39, 0.29) is 6.03 Å². The molecule has 0 atom stereocenters. The van der Waals surface area contributed by atoms with Crippen molar-refractivity contribution in [2.24, 2.45) is 0 Å². The number of piperidine rings is 1. The van der Waals surface area contributed by atoms with Crippen LogP contribution >= 0.6 is 0 Å². The highest BCUT2D eigenvalue weighted by Gasteiger charge is 2.12. The molecule has 0 saturated carbocycles. The molecule has 2 heterocycles. The van der Waals surface area contributed by atoms with Gasteiger partial charge >= 0.3 is 6.03 Å². The molecule has 6 heteroatoms. The number of aromatic nitrogens is 1. The Morgan fingerprint density at radius 2 is 1.81 bits per heavy atom. The first kappa shape index (κ1) is 17.7. The molecule has 134 valence electrons. The van der Waals surface area contributed by atoms with E-state index in [1.54, 1.807) is 18.3 Å². The molecule has 0 spiro atoms. The Labute approximate surface area is 153 Å². The number of benzene rings is 1. The van der Waals surface area contributed by atoms with Gasteiger partial charge in [0.1, 0.15) is 5.82 Å². The molecule has 1 aliphatic rings. The van der Waals surface area contributed by atoms with Gasteiger partial charge in [0.05, 0.1) is 11.6 Å². The Kier molecular flexibility index (Phi) is 6.05. The van der Waals surface area contributed by atoms with E-state index < -0.39 is 0 Å². The van der Waals surface area contributed by atoms with E-state index in [2.05, 4.69) is 26.6 Å². The number of nitrogens with one attached hydrogen (secondary N) is 2. The van der Waals surface area contributed by atoms with Crippen LogP contribution < -0.4 is 15.5 Å². The van der Waals surface area contributed by atoms with Gasteiger partial charge < -0.3 is 15.5 Å². The Bertz CT molecular complexity index is 793. The van der Waals surface area contributed by atoms with Gasteiger partial charge in [-0.3, -0.25) is 0 Å². The second-order valence-electron chi connectivity index (χ2n) is 6.42. The van der Waals surface area contributed by atoms with Crippen molar-refractivity contribution in [2.75, 3.05) is 18.0 Å². The molecule has 0 bridgehead atoms. The first-order valence-corrected chi connectivity index (χ1v) is 8.95. The topological polar surface area (TPSA) is 81.0 Å². The van der Waals surface area contributed by atoms with Crippen molar-refractivity contribution in [3.8, 4) is 6.07 Å². The third kappa shape index (κ3) is 4.96. The molecule has 1 aromatic carbocycles. The van der Waals surface area contributed by atoms with Gasteiger partial charge in [0.2, 0.25) is 0 Å². The average molecular weight is 349 g/mol. The van der Waals surface area contributed by atoms with E-state index in [9.17, 15) is 4.79 Å². The van der Waals surface area contributed by atoms with E-state index in [0.29, 0.717) is 18.7 Å². The molecule has 2 amide bonds. The monoisotopic (exact) mass is 349 g/mol. The summed E-state index contributed by atoms with van der Waals surface area (Å²) in [4.78, 5) is 18.8. The van der Waals surface area contributed by atoms with Crippen LogP contribution in [0.1, 0.15) is 36.0 Å². The molecule has 1 saturated heterocycles. The fourth-order valence-corrected chi connectivity index (χ4v) is 3.04. The van der Waals surface area contributed by atoms with Crippen molar-refractivity contribution in [3.05, 3.63) is 59.3 Å². The van der Waals surface area contributed by atoms with Crippen LogP contribution in [0.4, 0.5) is 10.6 Å². The zero-order chi connectivity index (χ0) is 18.2. The molecular weight excluding hydrogens is 326 g/mol. The molecule has 26 heavy (non-hydrogen) atoms. The standard InChI is InChI=1S/C20H23N5O/c21-13-16-5-4-6-17(11-16)14-23-20(26)24-15-18-7-8-22-19(12-18)25-9-2-1-3-10-25/h4-8,11-12H,1-3,9-10,14-15H2,(H2,23,24,26). The molecule has 6 nitrogen and oxygen atoms in total. The van der Waals surface area contributed by atoms with Crippen molar-refractivity contribution >= 4 is 11.8 Å². The first-order chi connectivity index (χ1) is 12.7. The van der Waals surface area contributed by atoms with Crippen molar-refractivity contribution < 1.29 is 4.79 Å². The average Bonchev–Trinajstić information content (AvgIpc) is 2.72. The van der Waals surface area contributed by atoms with Crippen LogP contribution in [0, 0.1) is 11.3 Å². The van der Waals surface area contributed by atoms with Crippen LogP contribution in [-0.2, 0) is 13.1 Å². The third-order valence-corrected chi connectivity index (χ3v) is 4.45. The zero-order valence-corrected chi connectivity index (χ0v) is 14.7. The van der Waals surface area contributed by atoms with Gasteiger partial charge in [-0.2, -0.15) is 5.26 Å². The molecule has 2 N–H and O–H groups in total. The van der Waals surface area contributed by atoms with Crippen molar-refractivity contribution in [3.63, 3.8) is 0 Å². The first-order valence-electron chi connectivity index (χ1n) is 8.95. The summed E-state index contributed by atoms with van der Waals surface area (Å²) >= 11 is 0. The van der Waals surface area contributed by atoms with E-state index in [0.717, 1.165) is 30.0 Å². The quantitative estimate of drug-likeness (QED) is 0.870. The summed E-state index contributed by atoms with van der Waals surface area (Å²) in [6.45, 7) is 2.93. The number of nitriles is 1. The lowest BCUT2D eigenvalue weighted by Crippen LogP contribution is -2.34. The molecular formula is C20H23N5O. The smallest absolute Gasteiger partial charge is 0.315 e. The Morgan fingerprint density at radius 3 is 2.54 bits per heavy atom. The van der Waals surface area contributed by atoms with Crippen LogP contribution in [0.2, 0.25) is 0 Å². The fraction of sp³-hybridized carbons (Fsp3) is 0.350. The van der Waals surface area contributed by atoms with E-state index >= 15 is 0 Å². The third-order valence-electron chi connectivity index (χ3n) is 4.45. The molecule has 0 radical (unpaired) electrons. The van der Waals surface area contributed by atoms with Crippen LogP contribution in [0.5, 0.6) is 0 Å². The second kappa shape index (κ2) is 8.86. The Balaban J connectivity index is 1.49. The molecule has 1 aromatic heterocycles. The van der Waals surface area contributed by atoms with Crippen molar-refractivity contribution in [2.45, 2.75) is 32.4 Å². The van der Waals surface area contributed by atoms with Gasteiger partial charge in [-0.05, 0) is 54.7 Å². The minimum Gasteiger partial charge on any atom is -0.357 e. The lowest BCUT2D eigenvalue weighted by Gasteiger charge is -2.27. The highest BCUT2D eigenvalue weighted by molar-refractivity contribution is 5.73. The maximum absolute atomic E-state index is 12.0. The van der Waals surface area contributed by atoms with Crippen LogP contribution in [0.3, 0.4) is 0 Å². The van der Waals surface area contributed by atoms with E-state index in [4.69, 9.17) is 5.26 Å². The van der Waals surface area contributed by atoms with Gasteiger partial charge in [-0.1, -0.05) is 12.1 Å². The summed E-state index contributed by atoms with van der Waals surface area (Å²) in [5.41, 5.74) is 2.52. The largest absolute Gasteiger partial charge is 0.357 e. The summed E-state index contributed by atoms with van der Waals surface area (Å²) in [6, 6.07) is 13.0. The van der Waals surface area contributed by atoms with E-state index in [1.807, 2.05) is 24.3 Å². The van der Waals surface area contributed by atoms with Crippen molar-refractivity contribution in [1.82, 2.24) is 15.6 Å². The maximum Gasteiger partial charge on any atom is 0.315 e. The highest BCUT2D eigenvalue weighted by Crippen LogP contribution is 2.18. The second-order valence-corrected chi connectivity index (χ2v) is 6.42. The van der Waals surface area contributed by atoms with Crippen LogP contribution in [-0.4, -0.2) is 24.1 Å². The Morgan fingerprint density at radius 1 is 1.08 bits per heavy atom. The van der Waals surface area contributed by atoms with Crippen LogP contribution in [0.25, 0.3) is 0 Å². The van der Waals surface area contributed by atoms with Crippen LogP contribution in [0.15, 0.2) is 42.6 Å².